The highest BCUT2D eigenvalue weighted by Crippen LogP contribution is 2.39. The van der Waals surface area contributed by atoms with Gasteiger partial charge in [-0.3, -0.25) is 0 Å². The molecule has 5 heteroatoms. The number of pyridine rings is 2. The standard InChI is InChI=1S/C26H19N3O2/c1-30-23-12-11-18(14-24(23)31-2)19-15-21(17-8-4-3-5-9-17)28-25-20(16-27)22-10-6-7-13-29(22)26(19)25/h3-15H,1-2H3. The van der Waals surface area contributed by atoms with E-state index < -0.39 is 0 Å². The van der Waals surface area contributed by atoms with Crippen molar-refractivity contribution in [2.45, 2.75) is 0 Å². The van der Waals surface area contributed by atoms with Crippen molar-refractivity contribution < 1.29 is 9.47 Å². The molecular weight excluding hydrogens is 386 g/mol. The molecule has 3 heterocycles. The van der Waals surface area contributed by atoms with Crippen LogP contribution in [0.15, 0.2) is 79.0 Å². The molecule has 0 saturated heterocycles. The number of hydrogen-bond donors (Lipinski definition) is 0. The van der Waals surface area contributed by atoms with Crippen LogP contribution in [0, 0.1) is 11.3 Å². The number of benzene rings is 2. The van der Waals surface area contributed by atoms with Gasteiger partial charge in [-0.05, 0) is 35.9 Å². The molecule has 5 rings (SSSR count). The number of nitrogens with zero attached hydrogens (tertiary/aromatic N) is 3. The first kappa shape index (κ1) is 18.7. The van der Waals surface area contributed by atoms with Gasteiger partial charge in [-0.2, -0.15) is 5.26 Å². The molecule has 31 heavy (non-hydrogen) atoms. The van der Waals surface area contributed by atoms with Crippen molar-refractivity contribution in [2.24, 2.45) is 0 Å². The second kappa shape index (κ2) is 7.51. The molecule has 0 saturated carbocycles. The van der Waals surface area contributed by atoms with Gasteiger partial charge in [0.05, 0.1) is 30.9 Å². The van der Waals surface area contributed by atoms with Gasteiger partial charge in [-0.1, -0.05) is 42.5 Å². The number of rotatable bonds is 4. The molecule has 0 atom stereocenters. The van der Waals surface area contributed by atoms with E-state index in [0.717, 1.165) is 33.4 Å². The summed E-state index contributed by atoms with van der Waals surface area (Å²) in [6, 6.07) is 26.1. The number of fused-ring (bicyclic) bond motifs is 3. The van der Waals surface area contributed by atoms with Crippen LogP contribution >= 0.6 is 0 Å². The van der Waals surface area contributed by atoms with Crippen LogP contribution < -0.4 is 9.47 Å². The van der Waals surface area contributed by atoms with Gasteiger partial charge in [0.15, 0.2) is 11.5 Å². The van der Waals surface area contributed by atoms with E-state index in [9.17, 15) is 5.26 Å². The van der Waals surface area contributed by atoms with Gasteiger partial charge < -0.3 is 13.9 Å². The molecule has 5 aromatic rings. The zero-order valence-corrected chi connectivity index (χ0v) is 17.2. The molecule has 150 valence electrons. The maximum absolute atomic E-state index is 9.96. The van der Waals surface area contributed by atoms with Crippen LogP contribution in [0.3, 0.4) is 0 Å². The first-order valence-electron chi connectivity index (χ1n) is 9.87. The van der Waals surface area contributed by atoms with Crippen LogP contribution in [0.25, 0.3) is 38.9 Å². The molecule has 0 bridgehead atoms. The van der Waals surface area contributed by atoms with Crippen molar-refractivity contribution in [1.82, 2.24) is 9.38 Å². The molecule has 3 aromatic heterocycles. The minimum absolute atomic E-state index is 0.565. The Bertz CT molecular complexity index is 1460. The highest BCUT2D eigenvalue weighted by molar-refractivity contribution is 6.02. The number of methoxy groups -OCH3 is 2. The lowest BCUT2D eigenvalue weighted by atomic mass is 10.0. The number of hydrogen-bond acceptors (Lipinski definition) is 4. The molecule has 2 aromatic carbocycles. The zero-order valence-electron chi connectivity index (χ0n) is 17.2. The van der Waals surface area contributed by atoms with Crippen LogP contribution in [0.2, 0.25) is 0 Å². The smallest absolute Gasteiger partial charge is 0.161 e. The highest BCUT2D eigenvalue weighted by Gasteiger charge is 2.19. The van der Waals surface area contributed by atoms with Gasteiger partial charge >= 0.3 is 0 Å². The molecule has 0 radical (unpaired) electrons. The Morgan fingerprint density at radius 3 is 2.35 bits per heavy atom. The van der Waals surface area contributed by atoms with Gasteiger partial charge in [0.25, 0.3) is 0 Å². The Labute approximate surface area is 179 Å². The minimum Gasteiger partial charge on any atom is -0.493 e. The van der Waals surface area contributed by atoms with Crippen LogP contribution in [-0.2, 0) is 0 Å². The second-order valence-corrected chi connectivity index (χ2v) is 7.13. The Hall–Kier alpha value is -4.30. The summed E-state index contributed by atoms with van der Waals surface area (Å²) in [5.41, 5.74) is 6.69. The van der Waals surface area contributed by atoms with Crippen molar-refractivity contribution in [3.05, 3.63) is 84.6 Å². The lowest BCUT2D eigenvalue weighted by molar-refractivity contribution is 0.355. The Morgan fingerprint density at radius 2 is 1.61 bits per heavy atom. The third kappa shape index (κ3) is 2.97. The maximum Gasteiger partial charge on any atom is 0.161 e. The second-order valence-electron chi connectivity index (χ2n) is 7.13. The molecule has 0 amide bonds. The lowest BCUT2D eigenvalue weighted by Crippen LogP contribution is -1.94. The Kier molecular flexibility index (Phi) is 4.53. The topological polar surface area (TPSA) is 59.5 Å². The summed E-state index contributed by atoms with van der Waals surface area (Å²) in [6.45, 7) is 0. The summed E-state index contributed by atoms with van der Waals surface area (Å²) in [5.74, 6) is 1.31. The third-order valence-electron chi connectivity index (χ3n) is 5.46. The Morgan fingerprint density at radius 1 is 0.839 bits per heavy atom. The molecular formula is C26H19N3O2. The predicted octanol–water partition coefficient (Wildman–Crippen LogP) is 5.71. The minimum atomic E-state index is 0.565. The fourth-order valence-electron chi connectivity index (χ4n) is 4.01. The maximum atomic E-state index is 9.96. The molecule has 0 aliphatic heterocycles. The molecule has 5 nitrogen and oxygen atoms in total. The summed E-state index contributed by atoms with van der Waals surface area (Å²) in [4.78, 5) is 4.92. The van der Waals surface area contributed by atoms with Gasteiger partial charge in [-0.25, -0.2) is 4.98 Å². The summed E-state index contributed by atoms with van der Waals surface area (Å²) in [6.07, 6.45) is 1.96. The van der Waals surface area contributed by atoms with Gasteiger partial charge in [0.1, 0.15) is 17.1 Å². The van der Waals surface area contributed by atoms with E-state index in [2.05, 4.69) is 12.1 Å². The number of nitriles is 1. The molecule has 0 N–H and O–H groups in total. The van der Waals surface area contributed by atoms with Gasteiger partial charge in [0.2, 0.25) is 0 Å². The average molecular weight is 405 g/mol. The van der Waals surface area contributed by atoms with Crippen molar-refractivity contribution in [2.75, 3.05) is 14.2 Å². The van der Waals surface area contributed by atoms with E-state index in [1.807, 2.05) is 77.3 Å². The summed E-state index contributed by atoms with van der Waals surface area (Å²) in [5, 5.41) is 9.96. The van der Waals surface area contributed by atoms with E-state index >= 15 is 0 Å². The summed E-state index contributed by atoms with van der Waals surface area (Å²) >= 11 is 0. The van der Waals surface area contributed by atoms with Crippen molar-refractivity contribution >= 4 is 16.6 Å². The first-order valence-corrected chi connectivity index (χ1v) is 9.87. The van der Waals surface area contributed by atoms with Crippen molar-refractivity contribution in [1.29, 1.82) is 5.26 Å². The van der Waals surface area contributed by atoms with Crippen LogP contribution in [0.4, 0.5) is 0 Å². The van der Waals surface area contributed by atoms with E-state index in [1.54, 1.807) is 14.2 Å². The van der Waals surface area contributed by atoms with Gasteiger partial charge in [0, 0.05) is 17.3 Å². The largest absolute Gasteiger partial charge is 0.493 e. The fraction of sp³-hybridized carbons (Fsp3) is 0.0769. The molecule has 0 aliphatic carbocycles. The molecule has 0 unspecified atom stereocenters. The summed E-state index contributed by atoms with van der Waals surface area (Å²) in [7, 11) is 3.25. The van der Waals surface area contributed by atoms with Crippen LogP contribution in [0.5, 0.6) is 11.5 Å². The number of aromatic nitrogens is 2. The van der Waals surface area contributed by atoms with Crippen LogP contribution in [-0.4, -0.2) is 23.6 Å². The monoisotopic (exact) mass is 405 g/mol. The van der Waals surface area contributed by atoms with Gasteiger partial charge in [-0.15, -0.1) is 0 Å². The normalized spacial score (nSPS) is 10.9. The molecule has 0 fully saturated rings. The van der Waals surface area contributed by atoms with Crippen molar-refractivity contribution in [3.63, 3.8) is 0 Å². The van der Waals surface area contributed by atoms with E-state index in [4.69, 9.17) is 14.5 Å². The zero-order chi connectivity index (χ0) is 21.4. The fourth-order valence-corrected chi connectivity index (χ4v) is 4.01. The van der Waals surface area contributed by atoms with E-state index in [0.29, 0.717) is 22.6 Å². The molecule has 0 aliphatic rings. The third-order valence-corrected chi connectivity index (χ3v) is 5.46. The van der Waals surface area contributed by atoms with Crippen LogP contribution in [0.1, 0.15) is 5.56 Å². The molecule has 0 spiro atoms. The predicted molar refractivity (Wildman–Crippen MR) is 121 cm³/mol. The Balaban J connectivity index is 1.92. The SMILES string of the molecule is COc1ccc(-c2cc(-c3ccccc3)nc3c(C#N)c4ccccn4c23)cc1OC. The highest BCUT2D eigenvalue weighted by atomic mass is 16.5. The summed E-state index contributed by atoms with van der Waals surface area (Å²) < 4.78 is 13.0. The van der Waals surface area contributed by atoms with E-state index in [1.165, 1.54) is 0 Å². The van der Waals surface area contributed by atoms with Crippen molar-refractivity contribution in [3.8, 4) is 40.0 Å². The lowest BCUT2D eigenvalue weighted by Gasteiger charge is -2.12. The number of ether oxygens (including phenoxy) is 2. The first-order chi connectivity index (χ1) is 15.2. The quantitative estimate of drug-likeness (QED) is 0.384. The van der Waals surface area contributed by atoms with E-state index in [-0.39, 0.29) is 0 Å². The average Bonchev–Trinajstić information content (AvgIpc) is 3.17.